The predicted molar refractivity (Wildman–Crippen MR) is 78.2 cm³/mol. The fraction of sp³-hybridized carbons (Fsp3) is 0.462. The third-order valence-electron chi connectivity index (χ3n) is 3.30. The van der Waals surface area contributed by atoms with Gasteiger partial charge in [0.15, 0.2) is 5.82 Å². The number of sulfonamides is 1. The highest BCUT2D eigenvalue weighted by Gasteiger charge is 2.25. The fourth-order valence-electron chi connectivity index (χ4n) is 2.00. The van der Waals surface area contributed by atoms with Crippen LogP contribution in [0.25, 0.3) is 0 Å². The highest BCUT2D eigenvalue weighted by atomic mass is 79.9. The lowest BCUT2D eigenvalue weighted by atomic mass is 10.2. The molecule has 0 amide bonds. The van der Waals surface area contributed by atoms with Gasteiger partial charge in [0.05, 0.1) is 5.56 Å². The molecule has 0 aliphatic heterocycles. The van der Waals surface area contributed by atoms with Gasteiger partial charge in [0, 0.05) is 11.0 Å². The molecule has 1 fully saturated rings. The Balaban J connectivity index is 2.16. The van der Waals surface area contributed by atoms with Crippen molar-refractivity contribution in [1.29, 1.82) is 0 Å². The van der Waals surface area contributed by atoms with Crippen LogP contribution in [-0.2, 0) is 10.0 Å². The quantitative estimate of drug-likeness (QED) is 0.713. The van der Waals surface area contributed by atoms with Crippen molar-refractivity contribution in [1.82, 2.24) is 4.72 Å². The van der Waals surface area contributed by atoms with Gasteiger partial charge in [-0.1, -0.05) is 28.8 Å². The lowest BCUT2D eigenvalue weighted by Gasteiger charge is -2.09. The minimum absolute atomic E-state index is 0.194. The molecule has 116 valence electrons. The lowest BCUT2D eigenvalue weighted by molar-refractivity contribution is 0.0691. The topological polar surface area (TPSA) is 83.5 Å². The summed E-state index contributed by atoms with van der Waals surface area (Å²) in [6.45, 7) is 0.215. The Kier molecular flexibility index (Phi) is 5.00. The first kappa shape index (κ1) is 16.4. The summed E-state index contributed by atoms with van der Waals surface area (Å²) in [6, 6.07) is 2.09. The summed E-state index contributed by atoms with van der Waals surface area (Å²) in [7, 11) is -4.07. The third kappa shape index (κ3) is 4.24. The number of carbonyl (C=O) groups is 1. The molecule has 1 aliphatic carbocycles. The standard InChI is InChI=1S/C13H15BrFNO4S/c14-9-6-10(13(17)18)12(15)11(7-9)21(19,20)16-5-1-2-8-3-4-8/h6-8,16H,1-5H2,(H,17,18). The van der Waals surface area contributed by atoms with Crippen molar-refractivity contribution in [3.8, 4) is 0 Å². The molecule has 0 radical (unpaired) electrons. The SMILES string of the molecule is O=C(O)c1cc(Br)cc(S(=O)(=O)NCCCC2CC2)c1F. The van der Waals surface area contributed by atoms with Crippen LogP contribution in [0.5, 0.6) is 0 Å². The summed E-state index contributed by atoms with van der Waals surface area (Å²) in [5, 5.41) is 8.89. The van der Waals surface area contributed by atoms with E-state index in [1.807, 2.05) is 0 Å². The minimum atomic E-state index is -4.07. The Labute approximate surface area is 130 Å². The molecule has 0 aromatic heterocycles. The summed E-state index contributed by atoms with van der Waals surface area (Å²) in [6.07, 6.45) is 4.01. The largest absolute Gasteiger partial charge is 0.478 e. The van der Waals surface area contributed by atoms with Gasteiger partial charge in [-0.3, -0.25) is 0 Å². The first-order valence-electron chi connectivity index (χ1n) is 6.53. The molecule has 1 aromatic carbocycles. The molecule has 0 bridgehead atoms. The Hall–Kier alpha value is -0.990. The van der Waals surface area contributed by atoms with Gasteiger partial charge >= 0.3 is 5.97 Å². The van der Waals surface area contributed by atoms with Crippen LogP contribution in [0.15, 0.2) is 21.5 Å². The first-order chi connectivity index (χ1) is 9.81. The van der Waals surface area contributed by atoms with Crippen molar-refractivity contribution in [3.63, 3.8) is 0 Å². The number of rotatable bonds is 7. The second kappa shape index (κ2) is 6.41. The number of nitrogens with one attached hydrogen (secondary N) is 1. The van der Waals surface area contributed by atoms with E-state index in [0.717, 1.165) is 18.6 Å². The van der Waals surface area contributed by atoms with Crippen LogP contribution < -0.4 is 4.72 Å². The minimum Gasteiger partial charge on any atom is -0.478 e. The van der Waals surface area contributed by atoms with Crippen molar-refractivity contribution in [2.45, 2.75) is 30.6 Å². The molecule has 0 unspecified atom stereocenters. The number of carboxylic acid groups (broad SMARTS) is 1. The zero-order valence-electron chi connectivity index (χ0n) is 11.1. The summed E-state index contributed by atoms with van der Waals surface area (Å²) in [4.78, 5) is 10.3. The van der Waals surface area contributed by atoms with E-state index in [1.165, 1.54) is 12.8 Å². The van der Waals surface area contributed by atoms with E-state index < -0.39 is 32.3 Å². The average Bonchev–Trinajstić information content (AvgIpc) is 3.20. The summed E-state index contributed by atoms with van der Waals surface area (Å²) >= 11 is 2.99. The van der Waals surface area contributed by atoms with Gasteiger partial charge in [0.2, 0.25) is 10.0 Å². The van der Waals surface area contributed by atoms with Crippen molar-refractivity contribution < 1.29 is 22.7 Å². The first-order valence-corrected chi connectivity index (χ1v) is 8.81. The molecule has 0 atom stereocenters. The van der Waals surface area contributed by atoms with Gasteiger partial charge in [0.25, 0.3) is 0 Å². The zero-order valence-corrected chi connectivity index (χ0v) is 13.5. The Bertz CT molecular complexity index is 658. The lowest BCUT2D eigenvalue weighted by Crippen LogP contribution is -2.26. The second-order valence-electron chi connectivity index (χ2n) is 5.05. The highest BCUT2D eigenvalue weighted by molar-refractivity contribution is 9.10. The van der Waals surface area contributed by atoms with Crippen molar-refractivity contribution >= 4 is 31.9 Å². The van der Waals surface area contributed by atoms with E-state index in [1.54, 1.807) is 0 Å². The van der Waals surface area contributed by atoms with E-state index in [-0.39, 0.29) is 11.0 Å². The van der Waals surface area contributed by atoms with Crippen molar-refractivity contribution in [2.75, 3.05) is 6.54 Å². The molecule has 5 nitrogen and oxygen atoms in total. The van der Waals surface area contributed by atoms with E-state index in [4.69, 9.17) is 5.11 Å². The van der Waals surface area contributed by atoms with Crippen molar-refractivity contribution in [3.05, 3.63) is 28.0 Å². The number of aromatic carboxylic acids is 1. The summed E-state index contributed by atoms with van der Waals surface area (Å²) in [5.41, 5.74) is -0.678. The molecular formula is C13H15BrFNO4S. The van der Waals surface area contributed by atoms with Crippen LogP contribution in [-0.4, -0.2) is 26.0 Å². The van der Waals surface area contributed by atoms with Crippen LogP contribution in [0.1, 0.15) is 36.0 Å². The number of halogens is 2. The zero-order chi connectivity index (χ0) is 15.6. The van der Waals surface area contributed by atoms with Crippen molar-refractivity contribution in [2.24, 2.45) is 5.92 Å². The van der Waals surface area contributed by atoms with E-state index in [2.05, 4.69) is 20.7 Å². The monoisotopic (exact) mass is 379 g/mol. The van der Waals surface area contributed by atoms with E-state index >= 15 is 0 Å². The average molecular weight is 380 g/mol. The van der Waals surface area contributed by atoms with Gasteiger partial charge in [-0.25, -0.2) is 22.3 Å². The molecule has 0 saturated heterocycles. The molecule has 0 spiro atoms. The van der Waals surface area contributed by atoms with Crippen LogP contribution in [0, 0.1) is 11.7 Å². The molecule has 1 aliphatic rings. The predicted octanol–water partition coefficient (Wildman–Crippen LogP) is 2.75. The Morgan fingerprint density at radius 1 is 1.43 bits per heavy atom. The van der Waals surface area contributed by atoms with Crippen LogP contribution in [0.4, 0.5) is 4.39 Å². The van der Waals surface area contributed by atoms with Crippen LogP contribution >= 0.6 is 15.9 Å². The van der Waals surface area contributed by atoms with Crippen LogP contribution in [0.3, 0.4) is 0 Å². The Morgan fingerprint density at radius 3 is 2.67 bits per heavy atom. The maximum atomic E-state index is 14.0. The number of hydrogen-bond donors (Lipinski definition) is 2. The number of carboxylic acids is 1. The van der Waals surface area contributed by atoms with Gasteiger partial charge < -0.3 is 5.11 Å². The smallest absolute Gasteiger partial charge is 0.338 e. The highest BCUT2D eigenvalue weighted by Crippen LogP contribution is 2.33. The van der Waals surface area contributed by atoms with Gasteiger partial charge in [-0.05, 0) is 30.9 Å². The van der Waals surface area contributed by atoms with E-state index in [0.29, 0.717) is 12.3 Å². The molecule has 1 aromatic rings. The maximum absolute atomic E-state index is 14.0. The molecule has 2 rings (SSSR count). The molecule has 1 saturated carbocycles. The van der Waals surface area contributed by atoms with E-state index in [9.17, 15) is 17.6 Å². The number of benzene rings is 1. The Morgan fingerprint density at radius 2 is 2.10 bits per heavy atom. The fourth-order valence-corrected chi connectivity index (χ4v) is 3.80. The van der Waals surface area contributed by atoms with Crippen LogP contribution in [0.2, 0.25) is 0 Å². The second-order valence-corrected chi connectivity index (χ2v) is 7.71. The normalized spacial score (nSPS) is 15.1. The molecule has 2 N–H and O–H groups in total. The van der Waals surface area contributed by atoms with Gasteiger partial charge in [0.1, 0.15) is 4.90 Å². The summed E-state index contributed by atoms with van der Waals surface area (Å²) in [5.74, 6) is -2.07. The van der Waals surface area contributed by atoms with Gasteiger partial charge in [-0.15, -0.1) is 0 Å². The number of hydrogen-bond acceptors (Lipinski definition) is 3. The molecule has 21 heavy (non-hydrogen) atoms. The molecule has 8 heteroatoms. The summed E-state index contributed by atoms with van der Waals surface area (Å²) < 4.78 is 40.7. The molecular weight excluding hydrogens is 365 g/mol. The third-order valence-corrected chi connectivity index (χ3v) is 5.22. The maximum Gasteiger partial charge on any atom is 0.338 e. The molecule has 0 heterocycles. The van der Waals surface area contributed by atoms with Gasteiger partial charge in [-0.2, -0.15) is 0 Å².